The van der Waals surface area contributed by atoms with Gasteiger partial charge in [0, 0.05) is 0 Å². The Labute approximate surface area is 82.1 Å². The van der Waals surface area contributed by atoms with Gasteiger partial charge < -0.3 is 9.47 Å². The van der Waals surface area contributed by atoms with E-state index in [1.807, 2.05) is 6.92 Å². The molecule has 0 spiro atoms. The van der Waals surface area contributed by atoms with Crippen LogP contribution in [0.15, 0.2) is 0 Å². The number of hydrogen-bond donors (Lipinski definition) is 0. The summed E-state index contributed by atoms with van der Waals surface area (Å²) < 4.78 is 8.70. The number of ether oxygens (including phenoxy) is 2. The molecule has 0 amide bonds. The molecule has 5 heteroatoms. The van der Waals surface area contributed by atoms with Gasteiger partial charge >= 0.3 is 11.9 Å². The Morgan fingerprint density at radius 2 is 2.00 bits per heavy atom. The fourth-order valence-corrected chi connectivity index (χ4v) is 0.906. The van der Waals surface area contributed by atoms with Gasteiger partial charge in [-0.25, -0.2) is 9.59 Å². The lowest BCUT2D eigenvalue weighted by atomic mass is 10.3. The summed E-state index contributed by atoms with van der Waals surface area (Å²) in [6.07, 6.45) is 2.35. The molecule has 0 aromatic rings. The molecule has 0 saturated heterocycles. The van der Waals surface area contributed by atoms with Crippen molar-refractivity contribution in [3.8, 4) is 0 Å². The summed E-state index contributed by atoms with van der Waals surface area (Å²) in [6.45, 7) is 1.99. The highest BCUT2D eigenvalue weighted by molar-refractivity contribution is 6.31. The van der Waals surface area contributed by atoms with Crippen molar-refractivity contribution in [1.29, 1.82) is 0 Å². The molecule has 0 N–H and O–H groups in total. The molecule has 0 aliphatic heterocycles. The molecule has 0 aliphatic rings. The Morgan fingerprint density at radius 3 is 2.46 bits per heavy atom. The second kappa shape index (κ2) is 6.71. The Bertz CT molecular complexity index is 181. The number of methoxy groups -OCH3 is 1. The molecule has 4 nitrogen and oxygen atoms in total. The summed E-state index contributed by atoms with van der Waals surface area (Å²) in [5.74, 6) is -2.07. The smallest absolute Gasteiger partial charge is 0.418 e. The second-order valence-corrected chi connectivity index (χ2v) is 2.94. The lowest BCUT2D eigenvalue weighted by molar-refractivity contribution is -0.167. The van der Waals surface area contributed by atoms with Gasteiger partial charge in [-0.3, -0.25) is 0 Å². The number of esters is 2. The average Bonchev–Trinajstić information content (AvgIpc) is 2.13. The largest absolute Gasteiger partial charge is 0.461 e. The van der Waals surface area contributed by atoms with Gasteiger partial charge in [0.1, 0.15) is 0 Å². The molecule has 0 heterocycles. The van der Waals surface area contributed by atoms with Crippen molar-refractivity contribution in [3.05, 3.63) is 0 Å². The summed E-state index contributed by atoms with van der Waals surface area (Å²) in [5.41, 5.74) is -0.744. The zero-order valence-corrected chi connectivity index (χ0v) is 8.47. The summed E-state index contributed by atoms with van der Waals surface area (Å²) >= 11 is 5.60. The van der Waals surface area contributed by atoms with Crippen molar-refractivity contribution in [2.45, 2.75) is 31.7 Å². The first kappa shape index (κ1) is 12.2. The summed E-state index contributed by atoms with van der Waals surface area (Å²) in [5, 5.41) is 0. The molecule has 0 aromatic heterocycles. The van der Waals surface area contributed by atoms with Crippen molar-refractivity contribution >= 4 is 23.5 Å². The molecule has 0 saturated carbocycles. The number of rotatable bonds is 4. The van der Waals surface area contributed by atoms with Crippen LogP contribution in [-0.2, 0) is 19.1 Å². The predicted octanol–water partition coefficient (Wildman–Crippen LogP) is 1.46. The van der Waals surface area contributed by atoms with Crippen LogP contribution < -0.4 is 0 Å². The predicted molar refractivity (Wildman–Crippen MR) is 47.3 cm³/mol. The van der Waals surface area contributed by atoms with E-state index in [2.05, 4.69) is 9.47 Å². The third-order valence-corrected chi connectivity index (χ3v) is 1.68. The number of carbonyl (C=O) groups is 2. The molecule has 1 atom stereocenters. The number of carbonyl (C=O) groups excluding carboxylic acids is 2. The summed E-state index contributed by atoms with van der Waals surface area (Å²) in [4.78, 5) is 21.3. The first-order valence-corrected chi connectivity index (χ1v) is 4.48. The quantitative estimate of drug-likeness (QED) is 0.399. The molecule has 0 fully saturated rings. The molecule has 0 aromatic carbocycles. The molecular weight excluding hydrogens is 196 g/mol. The SMILES string of the molecule is CCCCC(Cl)OC(=O)C(=O)OC. The zero-order chi connectivity index (χ0) is 10.3. The van der Waals surface area contributed by atoms with Crippen molar-refractivity contribution < 1.29 is 19.1 Å². The first-order valence-electron chi connectivity index (χ1n) is 4.04. The van der Waals surface area contributed by atoms with Crippen LogP contribution in [0.25, 0.3) is 0 Å². The van der Waals surface area contributed by atoms with Gasteiger partial charge in [0.2, 0.25) is 0 Å². The van der Waals surface area contributed by atoms with E-state index in [0.717, 1.165) is 20.0 Å². The summed E-state index contributed by atoms with van der Waals surface area (Å²) in [6, 6.07) is 0. The van der Waals surface area contributed by atoms with Gasteiger partial charge in [0.05, 0.1) is 7.11 Å². The topological polar surface area (TPSA) is 52.6 Å². The van der Waals surface area contributed by atoms with Crippen molar-refractivity contribution in [1.82, 2.24) is 0 Å². The highest BCUT2D eigenvalue weighted by atomic mass is 35.5. The fraction of sp³-hybridized carbons (Fsp3) is 0.750. The molecular formula is C8H13ClO4. The normalized spacial score (nSPS) is 11.9. The van der Waals surface area contributed by atoms with E-state index in [1.165, 1.54) is 0 Å². The van der Waals surface area contributed by atoms with Crippen LogP contribution in [-0.4, -0.2) is 24.6 Å². The minimum Gasteiger partial charge on any atom is -0.461 e. The highest BCUT2D eigenvalue weighted by Crippen LogP contribution is 2.09. The Kier molecular flexibility index (Phi) is 6.32. The second-order valence-electron chi connectivity index (χ2n) is 2.45. The van der Waals surface area contributed by atoms with Crippen LogP contribution in [0.3, 0.4) is 0 Å². The maximum atomic E-state index is 10.8. The third-order valence-electron chi connectivity index (χ3n) is 1.37. The van der Waals surface area contributed by atoms with E-state index in [4.69, 9.17) is 11.6 Å². The van der Waals surface area contributed by atoms with E-state index < -0.39 is 17.5 Å². The first-order chi connectivity index (χ1) is 6.11. The van der Waals surface area contributed by atoms with E-state index in [1.54, 1.807) is 0 Å². The van der Waals surface area contributed by atoms with Gasteiger partial charge in [-0.1, -0.05) is 24.9 Å². The van der Waals surface area contributed by atoms with Crippen LogP contribution in [0, 0.1) is 0 Å². The van der Waals surface area contributed by atoms with Crippen LogP contribution in [0.1, 0.15) is 26.2 Å². The van der Waals surface area contributed by atoms with Gasteiger partial charge in [-0.05, 0) is 12.8 Å². The van der Waals surface area contributed by atoms with Crippen molar-refractivity contribution in [2.24, 2.45) is 0 Å². The monoisotopic (exact) mass is 208 g/mol. The maximum absolute atomic E-state index is 10.8. The maximum Gasteiger partial charge on any atom is 0.418 e. The van der Waals surface area contributed by atoms with Gasteiger partial charge in [0.15, 0.2) is 5.56 Å². The minimum absolute atomic E-state index is 0.542. The Balaban J connectivity index is 3.71. The molecule has 76 valence electrons. The van der Waals surface area contributed by atoms with E-state index >= 15 is 0 Å². The number of halogens is 1. The molecule has 0 radical (unpaired) electrons. The number of alkyl halides is 1. The van der Waals surface area contributed by atoms with Crippen LogP contribution >= 0.6 is 11.6 Å². The molecule has 0 rings (SSSR count). The van der Waals surface area contributed by atoms with Gasteiger partial charge in [-0.2, -0.15) is 0 Å². The standard InChI is InChI=1S/C8H13ClO4/c1-3-4-5-6(9)13-8(11)7(10)12-2/h6H,3-5H2,1-2H3. The molecule has 13 heavy (non-hydrogen) atoms. The van der Waals surface area contributed by atoms with Gasteiger partial charge in [-0.15, -0.1) is 0 Å². The Morgan fingerprint density at radius 1 is 1.38 bits per heavy atom. The van der Waals surface area contributed by atoms with Crippen molar-refractivity contribution in [2.75, 3.05) is 7.11 Å². The fourth-order valence-electron chi connectivity index (χ4n) is 0.671. The lowest BCUT2D eigenvalue weighted by Crippen LogP contribution is -2.22. The third kappa shape index (κ3) is 5.47. The minimum atomic E-state index is -1.04. The van der Waals surface area contributed by atoms with Crippen molar-refractivity contribution in [3.63, 3.8) is 0 Å². The Hall–Kier alpha value is -0.770. The molecule has 1 unspecified atom stereocenters. The highest BCUT2D eigenvalue weighted by Gasteiger charge is 2.19. The molecule has 0 bridgehead atoms. The number of unbranched alkanes of at least 4 members (excludes halogenated alkanes) is 1. The van der Waals surface area contributed by atoms with E-state index in [-0.39, 0.29) is 0 Å². The van der Waals surface area contributed by atoms with Crippen LogP contribution in [0.5, 0.6) is 0 Å². The molecule has 0 aliphatic carbocycles. The van der Waals surface area contributed by atoms with E-state index in [0.29, 0.717) is 6.42 Å². The zero-order valence-electron chi connectivity index (χ0n) is 7.71. The average molecular weight is 209 g/mol. The lowest BCUT2D eigenvalue weighted by Gasteiger charge is -2.08. The van der Waals surface area contributed by atoms with Crippen LogP contribution in [0.4, 0.5) is 0 Å². The van der Waals surface area contributed by atoms with Crippen LogP contribution in [0.2, 0.25) is 0 Å². The summed E-state index contributed by atoms with van der Waals surface area (Å²) in [7, 11) is 1.11. The number of hydrogen-bond acceptors (Lipinski definition) is 4. The van der Waals surface area contributed by atoms with Gasteiger partial charge in [0.25, 0.3) is 0 Å². The van der Waals surface area contributed by atoms with E-state index in [9.17, 15) is 9.59 Å².